The fourth-order valence-electron chi connectivity index (χ4n) is 1.16. The quantitative estimate of drug-likeness (QED) is 0.485. The molecule has 0 rings (SSSR count). The van der Waals surface area contributed by atoms with Gasteiger partial charge >= 0.3 is 0 Å². The van der Waals surface area contributed by atoms with Gasteiger partial charge in [0.1, 0.15) is 0 Å². The molecule has 73 valence electrons. The Labute approximate surface area is 82.5 Å². The first-order valence-electron chi connectivity index (χ1n) is 5.28. The van der Waals surface area contributed by atoms with Crippen LogP contribution in [0.3, 0.4) is 0 Å². The van der Waals surface area contributed by atoms with Gasteiger partial charge in [-0.1, -0.05) is 46.0 Å². The summed E-state index contributed by atoms with van der Waals surface area (Å²) >= 11 is 2.10. The Morgan fingerprint density at radius 2 is 1.58 bits per heavy atom. The molecule has 0 saturated heterocycles. The van der Waals surface area contributed by atoms with Crippen LogP contribution in [0.1, 0.15) is 51.9 Å². The molecular weight excluding hydrogens is 164 g/mol. The van der Waals surface area contributed by atoms with Crippen molar-refractivity contribution in [2.45, 2.75) is 51.9 Å². The van der Waals surface area contributed by atoms with E-state index in [1.54, 1.807) is 0 Å². The van der Waals surface area contributed by atoms with Crippen molar-refractivity contribution in [3.05, 3.63) is 6.92 Å². The van der Waals surface area contributed by atoms with E-state index in [0.29, 0.717) is 0 Å². The second kappa shape index (κ2) is 11.4. The summed E-state index contributed by atoms with van der Waals surface area (Å²) in [6.07, 6.45) is 9.42. The monoisotopic (exact) mass is 187 g/mol. The third-order valence-corrected chi connectivity index (χ3v) is 3.16. The van der Waals surface area contributed by atoms with Crippen LogP contribution in [-0.4, -0.2) is 11.5 Å². The Bertz CT molecular complexity index is 61.4. The fraction of sp³-hybridized carbons (Fsp3) is 0.909. The molecular formula is C11H23S. The first-order valence-corrected chi connectivity index (χ1v) is 6.44. The Morgan fingerprint density at radius 3 is 2.25 bits per heavy atom. The van der Waals surface area contributed by atoms with Gasteiger partial charge in [0.2, 0.25) is 0 Å². The summed E-state index contributed by atoms with van der Waals surface area (Å²) < 4.78 is 0. The van der Waals surface area contributed by atoms with Crippen LogP contribution in [0.5, 0.6) is 0 Å². The van der Waals surface area contributed by atoms with E-state index in [-0.39, 0.29) is 0 Å². The maximum atomic E-state index is 3.84. The van der Waals surface area contributed by atoms with Crippen LogP contribution in [0.4, 0.5) is 0 Å². The highest BCUT2D eigenvalue weighted by molar-refractivity contribution is 7.99. The van der Waals surface area contributed by atoms with Gasteiger partial charge in [0.25, 0.3) is 0 Å². The van der Waals surface area contributed by atoms with E-state index >= 15 is 0 Å². The van der Waals surface area contributed by atoms with Gasteiger partial charge in [0, 0.05) is 0 Å². The Hall–Kier alpha value is 0.350. The Balaban J connectivity index is 2.73. The van der Waals surface area contributed by atoms with Gasteiger partial charge in [-0.2, -0.15) is 11.8 Å². The van der Waals surface area contributed by atoms with Gasteiger partial charge < -0.3 is 0 Å². The molecule has 0 atom stereocenters. The lowest BCUT2D eigenvalue weighted by Gasteiger charge is -2.00. The van der Waals surface area contributed by atoms with Gasteiger partial charge in [0.05, 0.1) is 0 Å². The van der Waals surface area contributed by atoms with Crippen molar-refractivity contribution < 1.29 is 0 Å². The summed E-state index contributed by atoms with van der Waals surface area (Å²) in [7, 11) is 0. The molecule has 0 heterocycles. The van der Waals surface area contributed by atoms with Gasteiger partial charge in [-0.3, -0.25) is 0 Å². The summed E-state index contributed by atoms with van der Waals surface area (Å²) in [4.78, 5) is 0. The predicted octanol–water partition coefficient (Wildman–Crippen LogP) is 4.30. The largest absolute Gasteiger partial charge is 0.162 e. The zero-order chi connectivity index (χ0) is 9.07. The van der Waals surface area contributed by atoms with Crippen LogP contribution in [0.15, 0.2) is 0 Å². The lowest BCUT2D eigenvalue weighted by Crippen LogP contribution is -1.83. The molecule has 0 fully saturated rings. The van der Waals surface area contributed by atoms with E-state index in [9.17, 15) is 0 Å². The highest BCUT2D eigenvalue weighted by atomic mass is 32.2. The molecule has 1 radical (unpaired) electrons. The van der Waals surface area contributed by atoms with Crippen molar-refractivity contribution >= 4 is 11.8 Å². The summed E-state index contributed by atoms with van der Waals surface area (Å²) in [5, 5.41) is 0. The van der Waals surface area contributed by atoms with Crippen molar-refractivity contribution in [2.24, 2.45) is 0 Å². The first-order chi connectivity index (χ1) is 5.91. The average Bonchev–Trinajstić information content (AvgIpc) is 2.10. The average molecular weight is 187 g/mol. The van der Waals surface area contributed by atoms with Gasteiger partial charge in [-0.05, 0) is 24.3 Å². The summed E-state index contributed by atoms with van der Waals surface area (Å²) in [5.74, 6) is 2.72. The molecule has 0 aliphatic carbocycles. The molecule has 0 aromatic heterocycles. The standard InChI is InChI=1S/C11H23S/c1-3-5-6-7-8-9-11-12-10-4-2/h1,3-11H2,2H3. The molecule has 0 N–H and O–H groups in total. The van der Waals surface area contributed by atoms with Crippen molar-refractivity contribution in [1.29, 1.82) is 0 Å². The highest BCUT2D eigenvalue weighted by Crippen LogP contribution is 2.09. The Kier molecular flexibility index (Phi) is 11.7. The molecule has 0 nitrogen and oxygen atoms in total. The van der Waals surface area contributed by atoms with Crippen molar-refractivity contribution in [3.8, 4) is 0 Å². The van der Waals surface area contributed by atoms with Crippen LogP contribution >= 0.6 is 11.8 Å². The van der Waals surface area contributed by atoms with Crippen LogP contribution in [0.25, 0.3) is 0 Å². The molecule has 0 aromatic rings. The molecule has 12 heavy (non-hydrogen) atoms. The molecule has 0 amide bonds. The van der Waals surface area contributed by atoms with Crippen molar-refractivity contribution in [3.63, 3.8) is 0 Å². The van der Waals surface area contributed by atoms with Gasteiger partial charge in [0.15, 0.2) is 0 Å². The van der Waals surface area contributed by atoms with E-state index in [1.165, 1.54) is 50.0 Å². The Morgan fingerprint density at radius 1 is 0.917 bits per heavy atom. The minimum atomic E-state index is 1.12. The van der Waals surface area contributed by atoms with E-state index < -0.39 is 0 Å². The van der Waals surface area contributed by atoms with Crippen LogP contribution < -0.4 is 0 Å². The summed E-state index contributed by atoms with van der Waals surface area (Å²) in [6, 6.07) is 0. The zero-order valence-corrected chi connectivity index (χ0v) is 9.30. The predicted molar refractivity (Wildman–Crippen MR) is 60.7 cm³/mol. The van der Waals surface area contributed by atoms with Crippen LogP contribution in [-0.2, 0) is 0 Å². The number of hydrogen-bond donors (Lipinski definition) is 0. The topological polar surface area (TPSA) is 0 Å². The maximum Gasteiger partial charge on any atom is -0.00675 e. The number of unbranched alkanes of at least 4 members (excludes halogenated alkanes) is 5. The molecule has 0 saturated carbocycles. The van der Waals surface area contributed by atoms with Crippen LogP contribution in [0, 0.1) is 6.92 Å². The maximum absolute atomic E-state index is 3.84. The van der Waals surface area contributed by atoms with Crippen molar-refractivity contribution in [1.82, 2.24) is 0 Å². The molecule has 0 unspecified atom stereocenters. The lowest BCUT2D eigenvalue weighted by atomic mass is 10.1. The minimum absolute atomic E-state index is 1.12. The number of rotatable bonds is 9. The van der Waals surface area contributed by atoms with Crippen LogP contribution in [0.2, 0.25) is 0 Å². The summed E-state index contributed by atoms with van der Waals surface area (Å²) in [5.41, 5.74) is 0. The molecule has 0 aliphatic rings. The van der Waals surface area contributed by atoms with Crippen molar-refractivity contribution in [2.75, 3.05) is 11.5 Å². The third kappa shape index (κ3) is 10.3. The first kappa shape index (κ1) is 12.3. The zero-order valence-electron chi connectivity index (χ0n) is 8.48. The van der Waals surface area contributed by atoms with Gasteiger partial charge in [-0.25, -0.2) is 0 Å². The van der Waals surface area contributed by atoms with E-state index in [0.717, 1.165) is 6.42 Å². The molecule has 0 bridgehead atoms. The second-order valence-electron chi connectivity index (χ2n) is 3.23. The normalized spacial score (nSPS) is 10.5. The number of thioether (sulfide) groups is 1. The van der Waals surface area contributed by atoms with E-state index in [4.69, 9.17) is 0 Å². The summed E-state index contributed by atoms with van der Waals surface area (Å²) in [6.45, 7) is 6.09. The molecule has 1 heteroatoms. The molecule has 0 aliphatic heterocycles. The fourth-order valence-corrected chi connectivity index (χ4v) is 2.06. The smallest absolute Gasteiger partial charge is 0.00675 e. The lowest BCUT2D eigenvalue weighted by molar-refractivity contribution is 0.639. The number of hydrogen-bond acceptors (Lipinski definition) is 1. The third-order valence-electron chi connectivity index (χ3n) is 1.89. The second-order valence-corrected chi connectivity index (χ2v) is 4.46. The van der Waals surface area contributed by atoms with E-state index in [2.05, 4.69) is 25.6 Å². The minimum Gasteiger partial charge on any atom is -0.162 e. The molecule has 0 aromatic carbocycles. The van der Waals surface area contributed by atoms with Gasteiger partial charge in [-0.15, -0.1) is 0 Å². The SMILES string of the molecule is [CH2]CCCCCCCSCCC. The van der Waals surface area contributed by atoms with E-state index in [1.807, 2.05) is 0 Å². The molecule has 0 spiro atoms. The highest BCUT2D eigenvalue weighted by Gasteiger charge is 1.90.